The van der Waals surface area contributed by atoms with Crippen molar-refractivity contribution in [2.45, 2.75) is 79.3 Å². The van der Waals surface area contributed by atoms with Gasteiger partial charge in [-0.15, -0.1) is 0 Å². The number of rotatable bonds is 7. The van der Waals surface area contributed by atoms with Crippen LogP contribution in [0.3, 0.4) is 0 Å². The summed E-state index contributed by atoms with van der Waals surface area (Å²) < 4.78 is 43.1. The van der Waals surface area contributed by atoms with Gasteiger partial charge >= 0.3 is 0 Å². The van der Waals surface area contributed by atoms with Gasteiger partial charge in [0.1, 0.15) is 0 Å². The van der Waals surface area contributed by atoms with Gasteiger partial charge in [-0.3, -0.25) is 0 Å². The predicted octanol–water partition coefficient (Wildman–Crippen LogP) is 5.61. The van der Waals surface area contributed by atoms with Crippen molar-refractivity contribution in [2.24, 2.45) is 10.8 Å². The Morgan fingerprint density at radius 3 is 1.41 bits per heavy atom. The highest BCUT2D eigenvalue weighted by Crippen LogP contribution is 2.51. The molecule has 0 heterocycles. The lowest BCUT2D eigenvalue weighted by molar-refractivity contribution is -0.198. The molecule has 1 atom stereocenters. The highest BCUT2D eigenvalue weighted by molar-refractivity contribution is 4.99. The lowest BCUT2D eigenvalue weighted by Gasteiger charge is -2.44. The Labute approximate surface area is 104 Å². The molecule has 0 aromatic carbocycles. The summed E-state index contributed by atoms with van der Waals surface area (Å²) >= 11 is 0. The van der Waals surface area contributed by atoms with Crippen LogP contribution in [0, 0.1) is 10.8 Å². The fourth-order valence-electron chi connectivity index (χ4n) is 2.07. The average Bonchev–Trinajstić information content (AvgIpc) is 2.35. The van der Waals surface area contributed by atoms with E-state index in [-0.39, 0.29) is 0 Å². The molecule has 0 saturated heterocycles. The molecular weight excluding hydrogens is 225 g/mol. The molecule has 0 aromatic rings. The molecule has 0 fully saturated rings. The molecule has 0 nitrogen and oxygen atoms in total. The topological polar surface area (TPSA) is 0 Å². The molecule has 104 valence electrons. The van der Waals surface area contributed by atoms with Crippen molar-refractivity contribution < 1.29 is 13.2 Å². The van der Waals surface area contributed by atoms with Crippen LogP contribution in [0.4, 0.5) is 13.2 Å². The second-order valence-electron chi connectivity index (χ2n) is 5.61. The van der Waals surface area contributed by atoms with Gasteiger partial charge in [0.25, 0.3) is 5.92 Å². The minimum absolute atomic E-state index is 0.292. The summed E-state index contributed by atoms with van der Waals surface area (Å²) in [6, 6.07) is 0. The van der Waals surface area contributed by atoms with Crippen LogP contribution < -0.4 is 0 Å². The molecule has 0 bridgehead atoms. The maximum Gasteiger partial charge on any atom is 0.284 e. The van der Waals surface area contributed by atoms with Crippen LogP contribution in [0.5, 0.6) is 0 Å². The Morgan fingerprint density at radius 1 is 0.824 bits per heavy atom. The SMILES string of the molecule is CCC(C)(CC)C(F)C(F)(F)C(C)(CC)CC. The zero-order valence-corrected chi connectivity index (χ0v) is 12.0. The van der Waals surface area contributed by atoms with Gasteiger partial charge in [0.2, 0.25) is 0 Å². The Hall–Kier alpha value is -0.210. The van der Waals surface area contributed by atoms with Crippen molar-refractivity contribution in [3.8, 4) is 0 Å². The van der Waals surface area contributed by atoms with Gasteiger partial charge in [0.05, 0.1) is 0 Å². The van der Waals surface area contributed by atoms with Gasteiger partial charge in [-0.2, -0.15) is 0 Å². The first-order chi connectivity index (χ1) is 7.65. The lowest BCUT2D eigenvalue weighted by atomic mass is 9.68. The first-order valence-corrected chi connectivity index (χ1v) is 6.67. The summed E-state index contributed by atoms with van der Waals surface area (Å²) in [5.74, 6) is -3.27. The number of halogens is 3. The van der Waals surface area contributed by atoms with Gasteiger partial charge in [-0.1, -0.05) is 41.5 Å². The quantitative estimate of drug-likeness (QED) is 0.552. The van der Waals surface area contributed by atoms with E-state index in [0.717, 1.165) is 0 Å². The maximum atomic E-state index is 14.4. The van der Waals surface area contributed by atoms with Crippen molar-refractivity contribution in [3.63, 3.8) is 0 Å². The minimum atomic E-state index is -3.27. The fraction of sp³-hybridized carbons (Fsp3) is 1.00. The maximum absolute atomic E-state index is 14.4. The fourth-order valence-corrected chi connectivity index (χ4v) is 2.07. The summed E-state index contributed by atoms with van der Waals surface area (Å²) in [5, 5.41) is 0. The van der Waals surface area contributed by atoms with E-state index < -0.39 is 22.9 Å². The summed E-state index contributed by atoms with van der Waals surface area (Å²) in [6.45, 7) is 10.1. The summed E-state index contributed by atoms with van der Waals surface area (Å²) in [7, 11) is 0. The number of hydrogen-bond acceptors (Lipinski definition) is 0. The highest BCUT2D eigenvalue weighted by atomic mass is 19.3. The van der Waals surface area contributed by atoms with Gasteiger partial charge in [-0.25, -0.2) is 13.2 Å². The second-order valence-corrected chi connectivity index (χ2v) is 5.61. The second kappa shape index (κ2) is 5.62. The molecule has 0 amide bonds. The van der Waals surface area contributed by atoms with Crippen molar-refractivity contribution in [1.29, 1.82) is 0 Å². The van der Waals surface area contributed by atoms with Gasteiger partial charge < -0.3 is 0 Å². The van der Waals surface area contributed by atoms with Crippen LogP contribution >= 0.6 is 0 Å². The lowest BCUT2D eigenvalue weighted by Crippen LogP contribution is -2.52. The van der Waals surface area contributed by atoms with E-state index in [4.69, 9.17) is 0 Å². The standard InChI is InChI=1S/C14H27F3/c1-7-12(5,8-2)11(15)14(16,17)13(6,9-3)10-4/h11H,7-10H2,1-6H3. The van der Waals surface area contributed by atoms with E-state index in [9.17, 15) is 13.2 Å². The Balaban J connectivity index is 5.30. The molecule has 17 heavy (non-hydrogen) atoms. The van der Waals surface area contributed by atoms with Crippen LogP contribution in [0.15, 0.2) is 0 Å². The van der Waals surface area contributed by atoms with E-state index in [1.807, 2.05) is 0 Å². The summed E-state index contributed by atoms with van der Waals surface area (Å²) in [5.41, 5.74) is -2.19. The monoisotopic (exact) mass is 252 g/mol. The first-order valence-electron chi connectivity index (χ1n) is 6.67. The minimum Gasteiger partial charge on any atom is -0.240 e. The van der Waals surface area contributed by atoms with E-state index in [0.29, 0.717) is 25.7 Å². The van der Waals surface area contributed by atoms with Gasteiger partial charge in [0, 0.05) is 10.8 Å². The number of hydrogen-bond donors (Lipinski definition) is 0. The van der Waals surface area contributed by atoms with Crippen molar-refractivity contribution in [2.75, 3.05) is 0 Å². The van der Waals surface area contributed by atoms with Crippen LogP contribution in [0.1, 0.15) is 67.2 Å². The van der Waals surface area contributed by atoms with Crippen LogP contribution in [0.2, 0.25) is 0 Å². The molecule has 1 unspecified atom stereocenters. The largest absolute Gasteiger partial charge is 0.284 e. The molecule has 0 rings (SSSR count). The van der Waals surface area contributed by atoms with Crippen LogP contribution in [-0.2, 0) is 0 Å². The van der Waals surface area contributed by atoms with Gasteiger partial charge in [0.15, 0.2) is 6.17 Å². The Bertz CT molecular complexity index is 228. The molecule has 0 aliphatic rings. The smallest absolute Gasteiger partial charge is 0.240 e. The molecule has 0 aliphatic heterocycles. The van der Waals surface area contributed by atoms with E-state index in [1.165, 1.54) is 6.92 Å². The van der Waals surface area contributed by atoms with E-state index in [2.05, 4.69) is 0 Å². The zero-order valence-electron chi connectivity index (χ0n) is 12.0. The molecule has 0 aromatic heterocycles. The highest BCUT2D eigenvalue weighted by Gasteiger charge is 2.58. The Kier molecular flexibility index (Phi) is 5.55. The molecule has 0 spiro atoms. The summed E-state index contributed by atoms with van der Waals surface area (Å²) in [6.07, 6.45) is -0.621. The van der Waals surface area contributed by atoms with E-state index in [1.54, 1.807) is 34.6 Å². The van der Waals surface area contributed by atoms with Crippen LogP contribution in [-0.4, -0.2) is 12.1 Å². The van der Waals surface area contributed by atoms with Crippen molar-refractivity contribution in [1.82, 2.24) is 0 Å². The average molecular weight is 252 g/mol. The predicted molar refractivity (Wildman–Crippen MR) is 67.2 cm³/mol. The normalized spacial score (nSPS) is 16.1. The third kappa shape index (κ3) is 2.79. The summed E-state index contributed by atoms with van der Waals surface area (Å²) in [4.78, 5) is 0. The third-order valence-corrected chi connectivity index (χ3v) is 4.91. The molecular formula is C14H27F3. The third-order valence-electron chi connectivity index (χ3n) is 4.91. The van der Waals surface area contributed by atoms with Crippen molar-refractivity contribution >= 4 is 0 Å². The molecule has 0 aliphatic carbocycles. The zero-order chi connectivity index (χ0) is 13.9. The molecule has 0 radical (unpaired) electrons. The van der Waals surface area contributed by atoms with E-state index >= 15 is 0 Å². The number of alkyl halides is 3. The van der Waals surface area contributed by atoms with Gasteiger partial charge in [-0.05, 0) is 25.7 Å². The molecule has 3 heteroatoms. The Morgan fingerprint density at radius 2 is 1.18 bits per heavy atom. The molecule has 0 saturated carbocycles. The van der Waals surface area contributed by atoms with Crippen LogP contribution in [0.25, 0.3) is 0 Å². The molecule has 0 N–H and O–H groups in total. The van der Waals surface area contributed by atoms with Crippen molar-refractivity contribution in [3.05, 3.63) is 0 Å². The first kappa shape index (κ1) is 16.8.